The van der Waals surface area contributed by atoms with E-state index in [1.807, 2.05) is 7.11 Å². The molecule has 3 rings (SSSR count). The van der Waals surface area contributed by atoms with Crippen LogP contribution in [0.15, 0.2) is 0 Å². The molecule has 0 N–H and O–H groups in total. The van der Waals surface area contributed by atoms with E-state index in [-0.39, 0.29) is 0 Å². The molecule has 2 nitrogen and oxygen atoms in total. The van der Waals surface area contributed by atoms with Gasteiger partial charge in [0.1, 0.15) is 0 Å². The van der Waals surface area contributed by atoms with Crippen molar-refractivity contribution in [1.29, 1.82) is 0 Å². The minimum absolute atomic E-state index is 0.529. The highest BCUT2D eigenvalue weighted by atomic mass is 16.5. The molecule has 0 aromatic rings. The average molecular weight is 351 g/mol. The summed E-state index contributed by atoms with van der Waals surface area (Å²) in [6.07, 6.45) is 20.6. The Morgan fingerprint density at radius 2 is 1.36 bits per heavy atom. The molecule has 2 saturated carbocycles. The Hall–Kier alpha value is -0.0800. The van der Waals surface area contributed by atoms with Crippen molar-refractivity contribution in [2.45, 2.75) is 109 Å². The van der Waals surface area contributed by atoms with Crippen LogP contribution in [0.4, 0.5) is 0 Å². The lowest BCUT2D eigenvalue weighted by atomic mass is 9.75. The maximum Gasteiger partial charge on any atom is 0.0575 e. The van der Waals surface area contributed by atoms with E-state index in [4.69, 9.17) is 9.47 Å². The number of methoxy groups -OCH3 is 1. The normalized spacial score (nSPS) is 40.1. The fraction of sp³-hybridized carbons (Fsp3) is 1.00. The summed E-state index contributed by atoms with van der Waals surface area (Å²) >= 11 is 0. The van der Waals surface area contributed by atoms with Gasteiger partial charge in [-0.1, -0.05) is 45.4 Å². The van der Waals surface area contributed by atoms with E-state index < -0.39 is 0 Å². The molecule has 0 aromatic carbocycles. The van der Waals surface area contributed by atoms with Gasteiger partial charge in [-0.2, -0.15) is 0 Å². The van der Waals surface area contributed by atoms with Crippen molar-refractivity contribution in [2.24, 2.45) is 23.7 Å². The molecule has 1 saturated heterocycles. The van der Waals surface area contributed by atoms with Gasteiger partial charge in [-0.15, -0.1) is 0 Å². The van der Waals surface area contributed by atoms with Gasteiger partial charge >= 0.3 is 0 Å². The second-order valence-corrected chi connectivity index (χ2v) is 9.32. The molecule has 25 heavy (non-hydrogen) atoms. The van der Waals surface area contributed by atoms with Gasteiger partial charge in [0.2, 0.25) is 0 Å². The van der Waals surface area contributed by atoms with Gasteiger partial charge in [0.05, 0.1) is 18.8 Å². The van der Waals surface area contributed by atoms with E-state index in [9.17, 15) is 0 Å². The minimum Gasteiger partial charge on any atom is -0.381 e. The van der Waals surface area contributed by atoms with Crippen LogP contribution < -0.4 is 0 Å². The van der Waals surface area contributed by atoms with Gasteiger partial charge in [-0.25, -0.2) is 0 Å². The zero-order valence-electron chi connectivity index (χ0n) is 16.9. The number of hydrogen-bond acceptors (Lipinski definition) is 2. The van der Waals surface area contributed by atoms with Crippen molar-refractivity contribution in [1.82, 2.24) is 0 Å². The lowest BCUT2D eigenvalue weighted by molar-refractivity contribution is -0.0503. The first-order valence-corrected chi connectivity index (χ1v) is 11.4. The minimum atomic E-state index is 0.529. The van der Waals surface area contributed by atoms with Crippen LogP contribution in [-0.2, 0) is 9.47 Å². The van der Waals surface area contributed by atoms with E-state index in [0.717, 1.165) is 30.3 Å². The molecule has 2 heteroatoms. The van der Waals surface area contributed by atoms with Gasteiger partial charge in [-0.3, -0.25) is 0 Å². The quantitative estimate of drug-likeness (QED) is 0.531. The smallest absolute Gasteiger partial charge is 0.0575 e. The third kappa shape index (κ3) is 5.96. The van der Waals surface area contributed by atoms with Crippen molar-refractivity contribution in [3.05, 3.63) is 0 Å². The molecule has 0 spiro atoms. The van der Waals surface area contributed by atoms with E-state index in [2.05, 4.69) is 6.92 Å². The van der Waals surface area contributed by atoms with E-state index in [1.165, 1.54) is 89.9 Å². The standard InChI is InChI=1S/C23H42O2/c1-3-4-18-5-7-19(8-6-18)9-13-23-16-12-21(17-25-23)20-10-14-22(24-2)15-11-20/h18-23H,3-17H2,1-2H3. The molecule has 0 aromatic heterocycles. The van der Waals surface area contributed by atoms with Crippen molar-refractivity contribution in [3.63, 3.8) is 0 Å². The predicted molar refractivity (Wildman–Crippen MR) is 105 cm³/mol. The summed E-state index contributed by atoms with van der Waals surface area (Å²) in [7, 11) is 1.87. The van der Waals surface area contributed by atoms with E-state index in [1.54, 1.807) is 0 Å². The van der Waals surface area contributed by atoms with Crippen LogP contribution in [0.1, 0.15) is 96.8 Å². The summed E-state index contributed by atoms with van der Waals surface area (Å²) in [6.45, 7) is 3.37. The lowest BCUT2D eigenvalue weighted by Crippen LogP contribution is -2.33. The van der Waals surface area contributed by atoms with Gasteiger partial charge in [-0.05, 0) is 75.0 Å². The fourth-order valence-electron chi connectivity index (χ4n) is 5.86. The second-order valence-electron chi connectivity index (χ2n) is 9.32. The van der Waals surface area contributed by atoms with Gasteiger partial charge in [0.25, 0.3) is 0 Å². The van der Waals surface area contributed by atoms with Crippen molar-refractivity contribution < 1.29 is 9.47 Å². The molecule has 146 valence electrons. The highest BCUT2D eigenvalue weighted by molar-refractivity contribution is 4.82. The highest BCUT2D eigenvalue weighted by Crippen LogP contribution is 2.38. The Bertz CT molecular complexity index is 345. The van der Waals surface area contributed by atoms with Crippen LogP contribution in [0.2, 0.25) is 0 Å². The first-order valence-electron chi connectivity index (χ1n) is 11.4. The van der Waals surface area contributed by atoms with E-state index >= 15 is 0 Å². The molecule has 2 atom stereocenters. The largest absolute Gasteiger partial charge is 0.381 e. The topological polar surface area (TPSA) is 18.5 Å². The molecule has 0 radical (unpaired) electrons. The maximum absolute atomic E-state index is 6.32. The summed E-state index contributed by atoms with van der Waals surface area (Å²) in [4.78, 5) is 0. The molecule has 1 aliphatic heterocycles. The monoisotopic (exact) mass is 350 g/mol. The summed E-state index contributed by atoms with van der Waals surface area (Å²) in [5.41, 5.74) is 0. The SMILES string of the molecule is CCCC1CCC(CCC2CCC(C3CCC(OC)CC3)CO2)CC1. The highest BCUT2D eigenvalue weighted by Gasteiger charge is 2.31. The Morgan fingerprint density at radius 1 is 0.720 bits per heavy atom. The third-order valence-electron chi connectivity index (χ3n) is 7.68. The van der Waals surface area contributed by atoms with Crippen molar-refractivity contribution >= 4 is 0 Å². The Morgan fingerprint density at radius 3 is 1.92 bits per heavy atom. The van der Waals surface area contributed by atoms with Crippen LogP contribution >= 0.6 is 0 Å². The first-order chi connectivity index (χ1) is 12.3. The van der Waals surface area contributed by atoms with Gasteiger partial charge < -0.3 is 9.47 Å². The molecule has 2 aliphatic carbocycles. The summed E-state index contributed by atoms with van der Waals surface area (Å²) in [5.74, 6) is 3.78. The number of hydrogen-bond donors (Lipinski definition) is 0. The molecule has 3 fully saturated rings. The molecule has 0 amide bonds. The fourth-order valence-corrected chi connectivity index (χ4v) is 5.86. The lowest BCUT2D eigenvalue weighted by Gasteiger charge is -2.38. The maximum atomic E-state index is 6.32. The van der Waals surface area contributed by atoms with Crippen molar-refractivity contribution in [2.75, 3.05) is 13.7 Å². The molecule has 0 bridgehead atoms. The Kier molecular flexibility index (Phi) is 8.11. The summed E-state index contributed by atoms with van der Waals surface area (Å²) in [6, 6.07) is 0. The van der Waals surface area contributed by atoms with Crippen LogP contribution in [0, 0.1) is 23.7 Å². The Balaban J connectivity index is 1.28. The summed E-state index contributed by atoms with van der Waals surface area (Å²) in [5, 5.41) is 0. The van der Waals surface area contributed by atoms with Crippen LogP contribution in [0.5, 0.6) is 0 Å². The molecular formula is C23H42O2. The van der Waals surface area contributed by atoms with Gasteiger partial charge in [0, 0.05) is 7.11 Å². The predicted octanol–water partition coefficient (Wildman–Crippen LogP) is 6.37. The van der Waals surface area contributed by atoms with Crippen molar-refractivity contribution in [3.8, 4) is 0 Å². The van der Waals surface area contributed by atoms with Gasteiger partial charge in [0.15, 0.2) is 0 Å². The number of ether oxygens (including phenoxy) is 2. The summed E-state index contributed by atoms with van der Waals surface area (Å²) < 4.78 is 11.8. The second kappa shape index (κ2) is 10.3. The number of rotatable bonds is 7. The average Bonchev–Trinajstić information content (AvgIpc) is 2.68. The molecule has 2 unspecified atom stereocenters. The van der Waals surface area contributed by atoms with Crippen LogP contribution in [0.3, 0.4) is 0 Å². The van der Waals surface area contributed by atoms with E-state index in [0.29, 0.717) is 12.2 Å². The zero-order valence-corrected chi connectivity index (χ0v) is 16.9. The Labute approximate surface area is 156 Å². The molecule has 3 aliphatic rings. The zero-order chi connectivity index (χ0) is 17.5. The molecule has 1 heterocycles. The first kappa shape index (κ1) is 19.7. The third-order valence-corrected chi connectivity index (χ3v) is 7.68. The van der Waals surface area contributed by atoms with Crippen LogP contribution in [0.25, 0.3) is 0 Å². The van der Waals surface area contributed by atoms with Crippen LogP contribution in [-0.4, -0.2) is 25.9 Å². The molecular weight excluding hydrogens is 308 g/mol.